The number of aryl methyl sites for hydroxylation is 1. The smallest absolute Gasteiger partial charge is 0.123 e. The average molecular weight is 276 g/mol. The fourth-order valence-corrected chi connectivity index (χ4v) is 3.21. The molecule has 1 heterocycles. The maximum atomic E-state index is 5.92. The lowest BCUT2D eigenvalue weighted by Crippen LogP contribution is -2.43. The van der Waals surface area contributed by atoms with Crippen molar-refractivity contribution in [3.63, 3.8) is 0 Å². The van der Waals surface area contributed by atoms with E-state index in [9.17, 15) is 0 Å². The minimum absolute atomic E-state index is 0.381. The van der Waals surface area contributed by atoms with Crippen LogP contribution in [-0.2, 0) is 0 Å². The molecule has 1 aromatic carbocycles. The number of piperidine rings is 1. The van der Waals surface area contributed by atoms with Crippen molar-refractivity contribution in [1.82, 2.24) is 4.90 Å². The lowest BCUT2D eigenvalue weighted by molar-refractivity contribution is 0.0967. The summed E-state index contributed by atoms with van der Waals surface area (Å²) in [5.41, 5.74) is 8.50. The monoisotopic (exact) mass is 276 g/mol. The van der Waals surface area contributed by atoms with E-state index in [1.165, 1.54) is 17.5 Å². The van der Waals surface area contributed by atoms with Crippen LogP contribution in [0.1, 0.15) is 37.4 Å². The molecule has 0 aliphatic carbocycles. The maximum absolute atomic E-state index is 5.92. The molecule has 1 aromatic rings. The van der Waals surface area contributed by atoms with E-state index in [1.807, 2.05) is 0 Å². The van der Waals surface area contributed by atoms with Crippen LogP contribution in [-0.4, -0.2) is 31.6 Å². The van der Waals surface area contributed by atoms with Gasteiger partial charge < -0.3 is 10.5 Å². The first-order valence-electron chi connectivity index (χ1n) is 7.65. The van der Waals surface area contributed by atoms with Gasteiger partial charge in [0.15, 0.2) is 0 Å². The minimum Gasteiger partial charge on any atom is -0.496 e. The summed E-state index contributed by atoms with van der Waals surface area (Å²) < 4.78 is 5.54. The molecule has 2 N–H and O–H groups in total. The van der Waals surface area contributed by atoms with E-state index in [1.54, 1.807) is 7.11 Å². The summed E-state index contributed by atoms with van der Waals surface area (Å²) in [7, 11) is 1.75. The highest BCUT2D eigenvalue weighted by Crippen LogP contribution is 2.34. The number of rotatable bonds is 4. The number of hydrogen-bond donors (Lipinski definition) is 1. The molecule has 20 heavy (non-hydrogen) atoms. The standard InChI is InChI=1S/C17H28N2O/c1-12-5-6-17(20-4)16(9-12)14(3)19-8-7-13(2)15(10-18)11-19/h5-6,9,13-15H,7-8,10-11,18H2,1-4H3. The zero-order chi connectivity index (χ0) is 14.7. The van der Waals surface area contributed by atoms with Crippen molar-refractivity contribution in [3.8, 4) is 5.75 Å². The van der Waals surface area contributed by atoms with Crippen molar-refractivity contribution in [2.75, 3.05) is 26.7 Å². The third kappa shape index (κ3) is 3.15. The van der Waals surface area contributed by atoms with Crippen molar-refractivity contribution < 1.29 is 4.74 Å². The summed E-state index contributed by atoms with van der Waals surface area (Å²) in [5.74, 6) is 2.34. The summed E-state index contributed by atoms with van der Waals surface area (Å²) in [5, 5.41) is 0. The Labute approximate surface area is 123 Å². The molecule has 1 aliphatic heterocycles. The highest BCUT2D eigenvalue weighted by Gasteiger charge is 2.29. The Bertz CT molecular complexity index is 447. The fraction of sp³-hybridized carbons (Fsp3) is 0.647. The van der Waals surface area contributed by atoms with Crippen LogP contribution in [0, 0.1) is 18.8 Å². The Kier molecular flexibility index (Phi) is 5.06. The van der Waals surface area contributed by atoms with Gasteiger partial charge >= 0.3 is 0 Å². The summed E-state index contributed by atoms with van der Waals surface area (Å²) in [6.07, 6.45) is 1.24. The molecule has 112 valence electrons. The zero-order valence-electron chi connectivity index (χ0n) is 13.2. The van der Waals surface area contributed by atoms with Crippen LogP contribution in [0.25, 0.3) is 0 Å². The van der Waals surface area contributed by atoms with Gasteiger partial charge in [0.05, 0.1) is 7.11 Å². The van der Waals surface area contributed by atoms with E-state index < -0.39 is 0 Å². The van der Waals surface area contributed by atoms with Gasteiger partial charge in [-0.15, -0.1) is 0 Å². The average Bonchev–Trinajstić information content (AvgIpc) is 2.47. The van der Waals surface area contributed by atoms with E-state index in [0.29, 0.717) is 12.0 Å². The predicted octanol–water partition coefficient (Wildman–Crippen LogP) is 2.98. The van der Waals surface area contributed by atoms with Crippen molar-refractivity contribution in [2.24, 2.45) is 17.6 Å². The normalized spacial score (nSPS) is 25.4. The lowest BCUT2D eigenvalue weighted by Gasteiger charge is -2.40. The second-order valence-corrected chi connectivity index (χ2v) is 6.18. The molecule has 0 spiro atoms. The van der Waals surface area contributed by atoms with E-state index in [4.69, 9.17) is 10.5 Å². The van der Waals surface area contributed by atoms with Gasteiger partial charge in [0.25, 0.3) is 0 Å². The van der Waals surface area contributed by atoms with E-state index in [2.05, 4.69) is 43.9 Å². The van der Waals surface area contributed by atoms with Crippen LogP contribution in [0.2, 0.25) is 0 Å². The molecular formula is C17H28N2O. The fourth-order valence-electron chi connectivity index (χ4n) is 3.21. The molecular weight excluding hydrogens is 248 g/mol. The molecule has 1 aliphatic rings. The predicted molar refractivity (Wildman–Crippen MR) is 84.0 cm³/mol. The topological polar surface area (TPSA) is 38.5 Å². The first-order chi connectivity index (χ1) is 9.56. The van der Waals surface area contributed by atoms with Crippen LogP contribution in [0.4, 0.5) is 0 Å². The Hall–Kier alpha value is -1.06. The quantitative estimate of drug-likeness (QED) is 0.919. The molecule has 3 unspecified atom stereocenters. The first kappa shape index (κ1) is 15.3. The van der Waals surface area contributed by atoms with Gasteiger partial charge in [0, 0.05) is 18.2 Å². The van der Waals surface area contributed by atoms with E-state index in [-0.39, 0.29) is 0 Å². The lowest BCUT2D eigenvalue weighted by atomic mass is 9.86. The summed E-state index contributed by atoms with van der Waals surface area (Å²) in [6, 6.07) is 6.81. The van der Waals surface area contributed by atoms with E-state index >= 15 is 0 Å². The molecule has 1 saturated heterocycles. The second-order valence-electron chi connectivity index (χ2n) is 6.18. The third-order valence-corrected chi connectivity index (χ3v) is 4.83. The number of methoxy groups -OCH3 is 1. The molecule has 3 nitrogen and oxygen atoms in total. The molecule has 0 aromatic heterocycles. The van der Waals surface area contributed by atoms with Crippen LogP contribution in [0.15, 0.2) is 18.2 Å². The van der Waals surface area contributed by atoms with Gasteiger partial charge in [-0.3, -0.25) is 4.90 Å². The summed E-state index contributed by atoms with van der Waals surface area (Å²) >= 11 is 0. The Morgan fingerprint density at radius 3 is 2.85 bits per heavy atom. The molecule has 0 bridgehead atoms. The number of benzene rings is 1. The van der Waals surface area contributed by atoms with Crippen LogP contribution >= 0.6 is 0 Å². The third-order valence-electron chi connectivity index (χ3n) is 4.83. The van der Waals surface area contributed by atoms with Crippen molar-refractivity contribution >= 4 is 0 Å². The van der Waals surface area contributed by atoms with Crippen molar-refractivity contribution in [1.29, 1.82) is 0 Å². The largest absolute Gasteiger partial charge is 0.496 e. The minimum atomic E-state index is 0.381. The Balaban J connectivity index is 2.18. The van der Waals surface area contributed by atoms with Crippen LogP contribution < -0.4 is 10.5 Å². The van der Waals surface area contributed by atoms with Gasteiger partial charge in [0.1, 0.15) is 5.75 Å². The number of nitrogens with zero attached hydrogens (tertiary/aromatic N) is 1. The van der Waals surface area contributed by atoms with Crippen molar-refractivity contribution in [2.45, 2.75) is 33.2 Å². The Morgan fingerprint density at radius 2 is 2.20 bits per heavy atom. The number of ether oxygens (including phenoxy) is 1. The molecule has 1 fully saturated rings. The molecule has 0 radical (unpaired) electrons. The van der Waals surface area contributed by atoms with Gasteiger partial charge in [-0.1, -0.05) is 24.6 Å². The molecule has 3 heteroatoms. The summed E-state index contributed by atoms with van der Waals surface area (Å²) in [4.78, 5) is 2.55. The van der Waals surface area contributed by atoms with E-state index in [0.717, 1.165) is 31.3 Å². The molecule has 2 rings (SSSR count). The van der Waals surface area contributed by atoms with Crippen LogP contribution in [0.5, 0.6) is 5.75 Å². The number of nitrogens with two attached hydrogens (primary N) is 1. The van der Waals surface area contributed by atoms with Gasteiger partial charge in [-0.25, -0.2) is 0 Å². The number of hydrogen-bond acceptors (Lipinski definition) is 3. The van der Waals surface area contributed by atoms with Gasteiger partial charge in [-0.05, 0) is 51.3 Å². The maximum Gasteiger partial charge on any atom is 0.123 e. The van der Waals surface area contributed by atoms with Crippen LogP contribution in [0.3, 0.4) is 0 Å². The molecule has 0 amide bonds. The van der Waals surface area contributed by atoms with Gasteiger partial charge in [0.2, 0.25) is 0 Å². The second kappa shape index (κ2) is 6.59. The summed E-state index contributed by atoms with van der Waals surface area (Å²) in [6.45, 7) is 9.77. The zero-order valence-corrected chi connectivity index (χ0v) is 13.2. The first-order valence-corrected chi connectivity index (χ1v) is 7.65. The Morgan fingerprint density at radius 1 is 1.45 bits per heavy atom. The SMILES string of the molecule is COc1ccc(C)cc1C(C)N1CCC(C)C(CN)C1. The van der Waals surface area contributed by atoms with Crippen molar-refractivity contribution in [3.05, 3.63) is 29.3 Å². The molecule has 0 saturated carbocycles. The highest BCUT2D eigenvalue weighted by molar-refractivity contribution is 5.39. The number of likely N-dealkylation sites (tertiary alicyclic amines) is 1. The molecule has 3 atom stereocenters. The van der Waals surface area contributed by atoms with Gasteiger partial charge in [-0.2, -0.15) is 0 Å². The highest BCUT2D eigenvalue weighted by atomic mass is 16.5.